The smallest absolute Gasteiger partial charge is 0.435 e. The second-order valence-corrected chi connectivity index (χ2v) is 16.5. The van der Waals surface area contributed by atoms with Gasteiger partial charge in [-0.2, -0.15) is 80.4 Å². The third-order valence-electron chi connectivity index (χ3n) is 10.3. The van der Waals surface area contributed by atoms with Gasteiger partial charge in [0.2, 0.25) is 18.0 Å². The number of rotatable bonds is 14. The van der Waals surface area contributed by atoms with Crippen LogP contribution in [0, 0.1) is 43.7 Å². The van der Waals surface area contributed by atoms with Gasteiger partial charge >= 0.3 is 24.6 Å². The molecule has 0 aliphatic carbocycles. The first-order valence-corrected chi connectivity index (χ1v) is 23.2. The number of hydrogen-bond donors (Lipinski definition) is 2. The molecule has 7 rings (SSSR count). The third kappa shape index (κ3) is 18.5. The predicted molar refractivity (Wildman–Crippen MR) is 272 cm³/mol. The number of aliphatic imine (C=N–C) groups is 2. The molecule has 3 N–H and O–H groups in total. The van der Waals surface area contributed by atoms with Crippen LogP contribution in [0.15, 0.2) is 89.1 Å². The number of aromatic nitrogens is 10. The molecule has 0 aliphatic rings. The van der Waals surface area contributed by atoms with E-state index in [0.717, 1.165) is 21.1 Å². The Morgan fingerprint density at radius 2 is 1.25 bits per heavy atom. The fourth-order valence-electron chi connectivity index (χ4n) is 7.12. The minimum absolute atomic E-state index is 0. The van der Waals surface area contributed by atoms with E-state index in [2.05, 4.69) is 55.9 Å². The van der Waals surface area contributed by atoms with Crippen LogP contribution in [0.3, 0.4) is 0 Å². The van der Waals surface area contributed by atoms with Crippen molar-refractivity contribution < 1.29 is 53.7 Å². The van der Waals surface area contributed by atoms with Crippen LogP contribution < -0.4 is 25.3 Å². The van der Waals surface area contributed by atoms with E-state index in [-0.39, 0.29) is 90.5 Å². The molecule has 0 atom stereocenters. The Labute approximate surface area is 452 Å². The molecule has 29 heteroatoms. The molecule has 0 unspecified atom stereocenters. The normalized spacial score (nSPS) is 11.7. The van der Waals surface area contributed by atoms with Crippen LogP contribution in [0.5, 0.6) is 17.5 Å². The minimum Gasteiger partial charge on any atom is -0.478 e. The van der Waals surface area contributed by atoms with Crippen LogP contribution in [-0.2, 0) is 52.0 Å². The van der Waals surface area contributed by atoms with Gasteiger partial charge < -0.3 is 19.9 Å². The highest BCUT2D eigenvalue weighted by Crippen LogP contribution is 2.38. The van der Waals surface area contributed by atoms with Gasteiger partial charge in [0.1, 0.15) is 11.4 Å². The molecule has 0 spiro atoms. The lowest BCUT2D eigenvalue weighted by Gasteiger charge is -2.12. The van der Waals surface area contributed by atoms with Crippen molar-refractivity contribution in [2.24, 2.45) is 29.8 Å². The average Bonchev–Trinajstić information content (AvgIpc) is 4.04. The molecular weight excluding hydrogens is 1080 g/mol. The number of pyridine rings is 2. The number of aryl methyl sites for hydroxylation is 6. The number of hydrogen-bond acceptors (Lipinski definition) is 16. The maximum absolute atomic E-state index is 13.3. The molecule has 0 saturated carbocycles. The molecule has 0 radical (unpaired) electrons. The molecule has 418 valence electrons. The minimum atomic E-state index is -4.69. The Kier molecular flexibility index (Phi) is 22.3. The van der Waals surface area contributed by atoms with Crippen LogP contribution in [0.1, 0.15) is 71.1 Å². The standard InChI is InChI=1S/C23H21F6N7O.C16H16N4O2.C11H12F3N5.ClH/c1-4-37-19-10-14(9-18(32-19)22(24,25)26)8-15(31-12-30)5-6-16-7-13(2)20(34-33-16)17-11-36(3)35-21(17)23(27,28)29;1-3-21-15-10-13(9-12(2)19-15)20-16(18-11-17)22-14-7-5-4-6-8-14;1-6-3-7(4-15)16-17-9(6)8-5-19(2)18-10(8)11(12,13)14;/h7,9-11H,4-6,8H2,1-3H3;4-10H,3H2,1-2H3,(H,18,19,20);3,5H,4,15H2,1-2H3;1H. The van der Waals surface area contributed by atoms with Gasteiger partial charge in [-0.25, -0.2) is 15.3 Å². The summed E-state index contributed by atoms with van der Waals surface area (Å²) in [5, 5.41) is 42.8. The maximum atomic E-state index is 13.3. The lowest BCUT2D eigenvalue weighted by Crippen LogP contribution is -2.24. The molecule has 0 aliphatic heterocycles. The van der Waals surface area contributed by atoms with Crippen LogP contribution in [0.2, 0.25) is 0 Å². The molecule has 0 saturated heterocycles. The van der Waals surface area contributed by atoms with Crippen LogP contribution in [0.4, 0.5) is 45.2 Å². The van der Waals surface area contributed by atoms with Crippen molar-refractivity contribution in [3.63, 3.8) is 0 Å². The lowest BCUT2D eigenvalue weighted by atomic mass is 10.0. The van der Waals surface area contributed by atoms with Crippen LogP contribution in [0.25, 0.3) is 22.5 Å². The molecule has 79 heavy (non-hydrogen) atoms. The molecular formula is C50H50ClF9N16O3. The third-order valence-corrected chi connectivity index (χ3v) is 10.3. The molecule has 6 heterocycles. The van der Waals surface area contributed by atoms with Gasteiger partial charge in [-0.3, -0.25) is 9.36 Å². The summed E-state index contributed by atoms with van der Waals surface area (Å²) in [5.74, 6) is 0.867. The zero-order valence-electron chi connectivity index (χ0n) is 43.1. The molecule has 6 aromatic heterocycles. The maximum Gasteiger partial charge on any atom is 0.435 e. The van der Waals surface area contributed by atoms with Crippen molar-refractivity contribution >= 4 is 29.8 Å². The number of halogens is 10. The summed E-state index contributed by atoms with van der Waals surface area (Å²) in [5.41, 5.74) is 5.91. The number of nitrogens with zero attached hydrogens (tertiary/aromatic N) is 14. The van der Waals surface area contributed by atoms with Crippen molar-refractivity contribution in [2.45, 2.75) is 79.0 Å². The monoisotopic (exact) mass is 1130 g/mol. The van der Waals surface area contributed by atoms with E-state index in [1.54, 1.807) is 63.4 Å². The highest BCUT2D eigenvalue weighted by molar-refractivity contribution is 5.87. The van der Waals surface area contributed by atoms with Gasteiger partial charge in [-0.15, -0.1) is 22.6 Å². The number of nitriles is 2. The first-order chi connectivity index (χ1) is 36.8. The van der Waals surface area contributed by atoms with E-state index in [0.29, 0.717) is 46.4 Å². The van der Waals surface area contributed by atoms with Gasteiger partial charge in [-0.05, 0) is 101 Å². The number of alkyl halides is 9. The van der Waals surface area contributed by atoms with E-state index >= 15 is 0 Å². The lowest BCUT2D eigenvalue weighted by molar-refractivity contribution is -0.142. The second kappa shape index (κ2) is 28.0. The summed E-state index contributed by atoms with van der Waals surface area (Å²) in [6.07, 6.45) is -7.69. The van der Waals surface area contributed by atoms with E-state index in [4.69, 9.17) is 30.5 Å². The summed E-state index contributed by atoms with van der Waals surface area (Å²) < 4.78 is 137. The number of ether oxygens (including phenoxy) is 3. The van der Waals surface area contributed by atoms with Gasteiger partial charge in [-0.1, -0.05) is 18.2 Å². The Morgan fingerprint density at radius 3 is 1.75 bits per heavy atom. The summed E-state index contributed by atoms with van der Waals surface area (Å²) in [6, 6.07) is 18.0. The Hall–Kier alpha value is -8.76. The van der Waals surface area contributed by atoms with Crippen molar-refractivity contribution in [2.75, 3.05) is 13.2 Å². The number of nitrogens with two attached hydrogens (primary N) is 1. The zero-order chi connectivity index (χ0) is 57.4. The average molecular weight is 1130 g/mol. The fourth-order valence-corrected chi connectivity index (χ4v) is 7.12. The van der Waals surface area contributed by atoms with Crippen LogP contribution in [-0.4, -0.2) is 74.9 Å². The van der Waals surface area contributed by atoms with Crippen LogP contribution >= 0.6 is 12.4 Å². The first kappa shape index (κ1) is 62.8. The van der Waals surface area contributed by atoms with Gasteiger partial charge in [0, 0.05) is 63.0 Å². The van der Waals surface area contributed by atoms with Gasteiger partial charge in [0.15, 0.2) is 17.6 Å². The Bertz CT molecular complexity index is 3310. The van der Waals surface area contributed by atoms with Crippen molar-refractivity contribution in [3.8, 4) is 52.4 Å². The molecule has 0 fully saturated rings. The highest BCUT2D eigenvalue weighted by atomic mass is 35.5. The molecule has 0 bridgehead atoms. The number of para-hydroxylation sites is 1. The van der Waals surface area contributed by atoms with Gasteiger partial charge in [0.05, 0.1) is 52.8 Å². The first-order valence-electron chi connectivity index (χ1n) is 23.2. The fraction of sp³-hybridized carbons (Fsp3) is 0.320. The second-order valence-electron chi connectivity index (χ2n) is 16.5. The SMILES string of the molecule is CCOc1cc(CC(CCc2cc(C)c(-c3cn(C)nc3C(F)(F)F)nn2)=NC#N)cc(C(F)(F)F)n1.CCOc1cc(N=C(NC#N)Oc2ccccc2)cc(C)n1.Cc1cc(CN)nnc1-c1cn(C)nc1C(F)(F)F.Cl. The van der Waals surface area contributed by atoms with Crippen molar-refractivity contribution in [3.05, 3.63) is 130 Å². The zero-order valence-corrected chi connectivity index (χ0v) is 43.9. The highest BCUT2D eigenvalue weighted by Gasteiger charge is 2.39. The Morgan fingerprint density at radius 1 is 0.709 bits per heavy atom. The summed E-state index contributed by atoms with van der Waals surface area (Å²) in [6.45, 7) is 9.40. The molecule has 7 aromatic rings. The molecule has 1 aromatic carbocycles. The number of benzene rings is 1. The quantitative estimate of drug-likeness (QED) is 0.0338. The Balaban J connectivity index is 0.000000273. The molecule has 19 nitrogen and oxygen atoms in total. The van der Waals surface area contributed by atoms with E-state index < -0.39 is 35.6 Å². The summed E-state index contributed by atoms with van der Waals surface area (Å²) in [4.78, 5) is 15.7. The topological polar surface area (TPSA) is 251 Å². The van der Waals surface area contributed by atoms with E-state index in [1.807, 2.05) is 38.2 Å². The van der Waals surface area contributed by atoms with Crippen molar-refractivity contribution in [1.82, 2.24) is 55.2 Å². The number of amidine groups is 1. The van der Waals surface area contributed by atoms with E-state index in [1.165, 1.54) is 32.6 Å². The largest absolute Gasteiger partial charge is 0.478 e. The van der Waals surface area contributed by atoms with Gasteiger partial charge in [0.25, 0.3) is 0 Å². The van der Waals surface area contributed by atoms with E-state index in [9.17, 15) is 39.5 Å². The molecule has 0 amide bonds. The summed E-state index contributed by atoms with van der Waals surface area (Å²) in [7, 11) is 2.79. The predicted octanol–water partition coefficient (Wildman–Crippen LogP) is 10.1. The summed E-state index contributed by atoms with van der Waals surface area (Å²) >= 11 is 0. The number of nitrogens with one attached hydrogen (secondary N) is 1. The van der Waals surface area contributed by atoms with Crippen molar-refractivity contribution in [1.29, 1.82) is 10.5 Å².